The van der Waals surface area contributed by atoms with E-state index in [9.17, 15) is 29.8 Å². The third-order valence-corrected chi connectivity index (χ3v) is 4.65. The summed E-state index contributed by atoms with van der Waals surface area (Å²) in [5.41, 5.74) is -1.69. The molecular formula is C20H24N4O6. The minimum absolute atomic E-state index is 0.110. The van der Waals surface area contributed by atoms with Crippen molar-refractivity contribution in [2.45, 2.75) is 52.0 Å². The molecule has 2 rings (SSSR count). The molecule has 0 saturated heterocycles. The largest absolute Gasteiger partial charge is 0.328 e. The number of unbranched alkanes of at least 4 members (excludes halogenated alkanes) is 5. The van der Waals surface area contributed by atoms with Crippen LogP contribution in [-0.4, -0.2) is 19.4 Å². The minimum atomic E-state index is -0.726. The van der Waals surface area contributed by atoms with Crippen LogP contribution in [0.3, 0.4) is 0 Å². The molecule has 10 heteroatoms. The van der Waals surface area contributed by atoms with E-state index in [1.54, 1.807) is 0 Å². The molecule has 30 heavy (non-hydrogen) atoms. The quantitative estimate of drug-likeness (QED) is 0.335. The summed E-state index contributed by atoms with van der Waals surface area (Å²) >= 11 is 0. The van der Waals surface area contributed by atoms with Crippen LogP contribution in [0.5, 0.6) is 0 Å². The maximum absolute atomic E-state index is 12.1. The number of hydrogen-bond acceptors (Lipinski definition) is 6. The standard InChI is InChI=1S/C20H24N4O6/c1-2-3-4-5-6-7-12-22-14-16(19(25)21-20(22)26)9-8-15-10-11-17(23(27)28)13-18(15)24(29)30/h8-11,13-14H,2-7,12H2,1H3,(H,21,25,26)/b9-8+. The lowest BCUT2D eigenvalue weighted by Gasteiger charge is -2.06. The molecule has 0 aliphatic heterocycles. The number of aromatic nitrogens is 2. The molecule has 0 radical (unpaired) electrons. The Morgan fingerprint density at radius 1 is 0.967 bits per heavy atom. The van der Waals surface area contributed by atoms with Crippen molar-refractivity contribution < 1.29 is 9.85 Å². The first-order valence-electron chi connectivity index (χ1n) is 9.78. The van der Waals surface area contributed by atoms with Gasteiger partial charge in [0.15, 0.2) is 0 Å². The fourth-order valence-corrected chi connectivity index (χ4v) is 3.00. The Bertz CT molecular complexity index is 1050. The lowest BCUT2D eigenvalue weighted by Crippen LogP contribution is -2.30. The SMILES string of the molecule is CCCCCCCCn1cc(/C=C/c2ccc([N+](=O)[O-])cc2[N+](=O)[O-])c(=O)[nH]c1=O. The van der Waals surface area contributed by atoms with Crippen LogP contribution in [0.1, 0.15) is 56.6 Å². The monoisotopic (exact) mass is 416 g/mol. The van der Waals surface area contributed by atoms with Crippen molar-refractivity contribution in [1.82, 2.24) is 9.55 Å². The molecule has 0 bridgehead atoms. The van der Waals surface area contributed by atoms with Gasteiger partial charge in [-0.1, -0.05) is 39.0 Å². The first kappa shape index (κ1) is 22.7. The molecule has 0 unspecified atom stereocenters. The molecule has 0 saturated carbocycles. The molecule has 0 atom stereocenters. The van der Waals surface area contributed by atoms with E-state index in [4.69, 9.17) is 0 Å². The van der Waals surface area contributed by atoms with Gasteiger partial charge in [-0.05, 0) is 24.6 Å². The summed E-state index contributed by atoms with van der Waals surface area (Å²) in [6.07, 6.45) is 10.4. The Morgan fingerprint density at radius 3 is 2.30 bits per heavy atom. The molecule has 2 aromatic rings. The van der Waals surface area contributed by atoms with E-state index in [0.29, 0.717) is 6.54 Å². The highest BCUT2D eigenvalue weighted by Crippen LogP contribution is 2.26. The van der Waals surface area contributed by atoms with Crippen molar-refractivity contribution in [3.8, 4) is 0 Å². The Hall–Kier alpha value is -3.56. The van der Waals surface area contributed by atoms with Crippen LogP contribution in [-0.2, 0) is 6.54 Å². The van der Waals surface area contributed by atoms with Crippen LogP contribution in [0.4, 0.5) is 11.4 Å². The molecule has 0 aliphatic carbocycles. The van der Waals surface area contributed by atoms with Crippen LogP contribution < -0.4 is 11.2 Å². The van der Waals surface area contributed by atoms with Gasteiger partial charge in [0.05, 0.1) is 27.0 Å². The van der Waals surface area contributed by atoms with Crippen molar-refractivity contribution in [1.29, 1.82) is 0 Å². The van der Waals surface area contributed by atoms with Gasteiger partial charge in [-0.3, -0.25) is 34.6 Å². The molecule has 1 N–H and O–H groups in total. The van der Waals surface area contributed by atoms with E-state index in [2.05, 4.69) is 11.9 Å². The second-order valence-corrected chi connectivity index (χ2v) is 6.90. The van der Waals surface area contributed by atoms with Gasteiger partial charge in [-0.15, -0.1) is 0 Å². The van der Waals surface area contributed by atoms with Gasteiger partial charge < -0.3 is 0 Å². The molecule has 0 spiro atoms. The zero-order valence-corrected chi connectivity index (χ0v) is 16.7. The second-order valence-electron chi connectivity index (χ2n) is 6.90. The zero-order chi connectivity index (χ0) is 22.1. The van der Waals surface area contributed by atoms with Crippen LogP contribution >= 0.6 is 0 Å². The van der Waals surface area contributed by atoms with Gasteiger partial charge in [-0.25, -0.2) is 4.79 Å². The average molecular weight is 416 g/mol. The highest BCUT2D eigenvalue weighted by molar-refractivity contribution is 5.74. The molecular weight excluding hydrogens is 392 g/mol. The van der Waals surface area contributed by atoms with Crippen molar-refractivity contribution in [2.24, 2.45) is 0 Å². The fourth-order valence-electron chi connectivity index (χ4n) is 3.00. The van der Waals surface area contributed by atoms with Crippen molar-refractivity contribution >= 4 is 23.5 Å². The number of nitro benzene ring substituents is 2. The maximum atomic E-state index is 12.1. The van der Waals surface area contributed by atoms with Gasteiger partial charge in [0, 0.05) is 18.8 Å². The third-order valence-electron chi connectivity index (χ3n) is 4.65. The molecule has 0 fully saturated rings. The van der Waals surface area contributed by atoms with Crippen LogP contribution in [0.25, 0.3) is 12.2 Å². The van der Waals surface area contributed by atoms with Gasteiger partial charge in [-0.2, -0.15) is 0 Å². The van der Waals surface area contributed by atoms with Gasteiger partial charge in [0.1, 0.15) is 0 Å². The number of H-pyrrole nitrogens is 1. The third kappa shape index (κ3) is 6.23. The summed E-state index contributed by atoms with van der Waals surface area (Å²) in [6.45, 7) is 2.60. The molecule has 160 valence electrons. The number of benzene rings is 1. The molecule has 1 aromatic heterocycles. The number of nitrogens with one attached hydrogen (secondary N) is 1. The first-order chi connectivity index (χ1) is 14.3. The lowest BCUT2D eigenvalue weighted by atomic mass is 10.1. The number of aryl methyl sites for hydroxylation is 1. The zero-order valence-electron chi connectivity index (χ0n) is 16.7. The van der Waals surface area contributed by atoms with Crippen molar-refractivity contribution in [2.75, 3.05) is 0 Å². The van der Waals surface area contributed by atoms with Gasteiger partial charge in [0.25, 0.3) is 16.9 Å². The highest BCUT2D eigenvalue weighted by atomic mass is 16.6. The predicted octanol–water partition coefficient (Wildman–Crippen LogP) is 3.88. The van der Waals surface area contributed by atoms with E-state index >= 15 is 0 Å². The number of hydrogen-bond donors (Lipinski definition) is 1. The van der Waals surface area contributed by atoms with E-state index in [-0.39, 0.29) is 11.1 Å². The Balaban J connectivity index is 2.21. The Kier molecular flexibility index (Phi) is 8.21. The number of nitro groups is 2. The predicted molar refractivity (Wildman–Crippen MR) is 113 cm³/mol. The van der Waals surface area contributed by atoms with Crippen LogP contribution in [0.2, 0.25) is 0 Å². The smallest absolute Gasteiger partial charge is 0.300 e. The van der Waals surface area contributed by atoms with Crippen molar-refractivity contribution in [3.63, 3.8) is 0 Å². The average Bonchev–Trinajstić information content (AvgIpc) is 2.70. The fraction of sp³-hybridized carbons (Fsp3) is 0.400. The second kappa shape index (κ2) is 10.8. The molecule has 1 heterocycles. The van der Waals surface area contributed by atoms with E-state index in [0.717, 1.165) is 44.2 Å². The Morgan fingerprint density at radius 2 is 1.63 bits per heavy atom. The summed E-state index contributed by atoms with van der Waals surface area (Å²) in [7, 11) is 0. The van der Waals surface area contributed by atoms with E-state index < -0.39 is 32.5 Å². The number of aromatic amines is 1. The summed E-state index contributed by atoms with van der Waals surface area (Å²) in [5.74, 6) is 0. The van der Waals surface area contributed by atoms with Crippen molar-refractivity contribution in [3.05, 3.63) is 76.6 Å². The molecule has 10 nitrogen and oxygen atoms in total. The van der Waals surface area contributed by atoms with Crippen LogP contribution in [0.15, 0.2) is 34.0 Å². The normalized spacial score (nSPS) is 11.1. The molecule has 0 aliphatic rings. The maximum Gasteiger partial charge on any atom is 0.328 e. The minimum Gasteiger partial charge on any atom is -0.300 e. The van der Waals surface area contributed by atoms with E-state index in [1.807, 2.05) is 0 Å². The molecule has 1 aromatic carbocycles. The topological polar surface area (TPSA) is 141 Å². The number of rotatable bonds is 11. The number of non-ortho nitro benzene ring substituents is 1. The van der Waals surface area contributed by atoms with Crippen LogP contribution in [0, 0.1) is 20.2 Å². The summed E-state index contributed by atoms with van der Waals surface area (Å²) in [6, 6.07) is 3.26. The number of nitrogens with zero attached hydrogens (tertiary/aromatic N) is 3. The van der Waals surface area contributed by atoms with Gasteiger partial charge >= 0.3 is 5.69 Å². The van der Waals surface area contributed by atoms with E-state index in [1.165, 1.54) is 35.4 Å². The summed E-state index contributed by atoms with van der Waals surface area (Å²) in [5, 5.41) is 22.0. The lowest BCUT2D eigenvalue weighted by molar-refractivity contribution is -0.394. The summed E-state index contributed by atoms with van der Waals surface area (Å²) < 4.78 is 1.41. The molecule has 0 amide bonds. The highest BCUT2D eigenvalue weighted by Gasteiger charge is 2.17. The van der Waals surface area contributed by atoms with Gasteiger partial charge in [0.2, 0.25) is 0 Å². The Labute approximate surface area is 172 Å². The first-order valence-corrected chi connectivity index (χ1v) is 9.78. The summed E-state index contributed by atoms with van der Waals surface area (Å²) in [4.78, 5) is 46.9.